The van der Waals surface area contributed by atoms with Crippen molar-refractivity contribution in [1.82, 2.24) is 15.2 Å². The molecular weight excluding hydrogens is 272 g/mol. The molecule has 1 atom stereocenters. The molecule has 0 saturated carbocycles. The van der Waals surface area contributed by atoms with Gasteiger partial charge in [0, 0.05) is 19.5 Å². The van der Waals surface area contributed by atoms with Gasteiger partial charge in [-0.3, -0.25) is 16.0 Å². The van der Waals surface area contributed by atoms with E-state index in [1.807, 2.05) is 18.7 Å². The third-order valence-electron chi connectivity index (χ3n) is 3.54. The lowest BCUT2D eigenvalue weighted by Crippen LogP contribution is -2.39. The van der Waals surface area contributed by atoms with Crippen LogP contribution >= 0.6 is 11.6 Å². The zero-order valence-corrected chi connectivity index (χ0v) is 12.9. The van der Waals surface area contributed by atoms with Crippen molar-refractivity contribution in [2.45, 2.75) is 32.7 Å². The average molecular weight is 293 g/mol. The predicted octanol–water partition coefficient (Wildman–Crippen LogP) is 2.31. The van der Waals surface area contributed by atoms with Gasteiger partial charge in [-0.25, -0.2) is 0 Å². The highest BCUT2D eigenvalue weighted by Gasteiger charge is 2.16. The largest absolute Gasteiger partial charge is 0.271 e. The molecule has 3 N–H and O–H groups in total. The van der Waals surface area contributed by atoms with Crippen LogP contribution in [0.15, 0.2) is 24.3 Å². The number of halogens is 1. The van der Waals surface area contributed by atoms with E-state index in [0.29, 0.717) is 0 Å². The third-order valence-corrected chi connectivity index (χ3v) is 4.03. The molecule has 0 aliphatic rings. The summed E-state index contributed by atoms with van der Waals surface area (Å²) in [6, 6.07) is 8.63. The van der Waals surface area contributed by atoms with E-state index in [2.05, 4.69) is 41.7 Å². The van der Waals surface area contributed by atoms with Crippen LogP contribution in [0.2, 0.25) is 5.02 Å². The topological polar surface area (TPSA) is 55.9 Å². The van der Waals surface area contributed by atoms with E-state index in [-0.39, 0.29) is 6.04 Å². The summed E-state index contributed by atoms with van der Waals surface area (Å²) in [5, 5.41) is 5.07. The van der Waals surface area contributed by atoms with E-state index in [1.165, 1.54) is 11.1 Å². The molecule has 0 aliphatic heterocycles. The lowest BCUT2D eigenvalue weighted by Gasteiger charge is -2.16. The summed E-state index contributed by atoms with van der Waals surface area (Å²) in [5.41, 5.74) is 7.27. The Hall–Kier alpha value is -1.36. The van der Waals surface area contributed by atoms with Gasteiger partial charge in [0.05, 0.1) is 16.4 Å². The fourth-order valence-electron chi connectivity index (χ4n) is 2.33. The summed E-state index contributed by atoms with van der Waals surface area (Å²) in [6.45, 7) is 4.00. The van der Waals surface area contributed by atoms with E-state index >= 15 is 0 Å². The van der Waals surface area contributed by atoms with Crippen LogP contribution in [-0.4, -0.2) is 15.8 Å². The van der Waals surface area contributed by atoms with Crippen molar-refractivity contribution in [3.63, 3.8) is 0 Å². The molecule has 0 amide bonds. The zero-order chi connectivity index (χ0) is 14.7. The van der Waals surface area contributed by atoms with Gasteiger partial charge in [-0.05, 0) is 25.8 Å². The molecule has 0 radical (unpaired) electrons. The van der Waals surface area contributed by atoms with E-state index in [0.717, 1.165) is 29.3 Å². The highest BCUT2D eigenvalue weighted by molar-refractivity contribution is 6.31. The number of hydrogen-bond acceptors (Lipinski definition) is 3. The van der Waals surface area contributed by atoms with Crippen LogP contribution in [0.25, 0.3) is 0 Å². The third kappa shape index (κ3) is 3.39. The monoisotopic (exact) mass is 292 g/mol. The Morgan fingerprint density at radius 3 is 2.40 bits per heavy atom. The molecule has 0 aliphatic carbocycles. The van der Waals surface area contributed by atoms with Gasteiger partial charge in [0.25, 0.3) is 0 Å². The molecule has 0 saturated heterocycles. The lowest BCUT2D eigenvalue weighted by atomic mass is 10.0. The van der Waals surface area contributed by atoms with E-state index in [1.54, 1.807) is 0 Å². The van der Waals surface area contributed by atoms with Crippen LogP contribution in [0.1, 0.15) is 22.5 Å². The van der Waals surface area contributed by atoms with Crippen LogP contribution < -0.4 is 11.3 Å². The van der Waals surface area contributed by atoms with Crippen LogP contribution in [-0.2, 0) is 19.9 Å². The molecule has 1 aromatic carbocycles. The molecule has 1 heterocycles. The average Bonchev–Trinajstić information content (AvgIpc) is 2.66. The van der Waals surface area contributed by atoms with E-state index in [9.17, 15) is 0 Å². The van der Waals surface area contributed by atoms with Crippen molar-refractivity contribution >= 4 is 11.6 Å². The smallest absolute Gasteiger partial charge is 0.0847 e. The van der Waals surface area contributed by atoms with Crippen molar-refractivity contribution < 1.29 is 0 Å². The van der Waals surface area contributed by atoms with Gasteiger partial charge >= 0.3 is 0 Å². The van der Waals surface area contributed by atoms with Gasteiger partial charge in [0.15, 0.2) is 0 Å². The minimum Gasteiger partial charge on any atom is -0.271 e. The predicted molar refractivity (Wildman–Crippen MR) is 82.7 cm³/mol. The first-order valence-corrected chi connectivity index (χ1v) is 7.08. The van der Waals surface area contributed by atoms with Crippen LogP contribution in [0, 0.1) is 13.8 Å². The van der Waals surface area contributed by atoms with Gasteiger partial charge in [-0.15, -0.1) is 0 Å². The van der Waals surface area contributed by atoms with Crippen LogP contribution in [0.3, 0.4) is 0 Å². The van der Waals surface area contributed by atoms with Gasteiger partial charge in [0.1, 0.15) is 0 Å². The number of aromatic nitrogens is 2. The summed E-state index contributed by atoms with van der Waals surface area (Å²) in [5.74, 6) is 5.68. The molecule has 1 aromatic heterocycles. The van der Waals surface area contributed by atoms with Crippen molar-refractivity contribution in [3.8, 4) is 0 Å². The fourth-order valence-corrected chi connectivity index (χ4v) is 2.57. The highest BCUT2D eigenvalue weighted by Crippen LogP contribution is 2.21. The Morgan fingerprint density at radius 2 is 1.90 bits per heavy atom. The molecular formula is C15H21ClN4. The SMILES string of the molecule is Cc1ccc(CC(Cc2c(Cl)c(C)nn2C)NN)cc1. The molecule has 0 spiro atoms. The number of nitrogens with two attached hydrogens (primary N) is 1. The fraction of sp³-hybridized carbons (Fsp3) is 0.400. The Bertz CT molecular complexity index is 574. The number of hydrogen-bond donors (Lipinski definition) is 2. The second-order valence-electron chi connectivity index (χ2n) is 5.23. The number of nitrogens with zero attached hydrogens (tertiary/aromatic N) is 2. The molecule has 4 nitrogen and oxygen atoms in total. The molecule has 0 fully saturated rings. The Labute approximate surface area is 124 Å². The van der Waals surface area contributed by atoms with Crippen molar-refractivity contribution in [3.05, 3.63) is 51.8 Å². The maximum atomic E-state index is 6.29. The molecule has 2 aromatic rings. The minimum atomic E-state index is 0.130. The van der Waals surface area contributed by atoms with Gasteiger partial charge < -0.3 is 0 Å². The number of benzene rings is 1. The Kier molecular flexibility index (Phi) is 4.81. The first kappa shape index (κ1) is 15.0. The molecule has 5 heteroatoms. The Balaban J connectivity index is 2.11. The number of nitrogens with one attached hydrogen (secondary N) is 1. The van der Waals surface area contributed by atoms with Gasteiger partial charge in [0.2, 0.25) is 0 Å². The minimum absolute atomic E-state index is 0.130. The van der Waals surface area contributed by atoms with Crippen molar-refractivity contribution in [2.75, 3.05) is 0 Å². The lowest BCUT2D eigenvalue weighted by molar-refractivity contribution is 0.505. The maximum absolute atomic E-state index is 6.29. The molecule has 2 rings (SSSR count). The Morgan fingerprint density at radius 1 is 1.25 bits per heavy atom. The second-order valence-corrected chi connectivity index (χ2v) is 5.61. The number of rotatable bonds is 5. The first-order chi connectivity index (χ1) is 9.51. The second kappa shape index (κ2) is 6.39. The van der Waals surface area contributed by atoms with Crippen LogP contribution in [0.4, 0.5) is 0 Å². The van der Waals surface area contributed by atoms with Crippen molar-refractivity contribution in [2.24, 2.45) is 12.9 Å². The normalized spacial score (nSPS) is 12.7. The summed E-state index contributed by atoms with van der Waals surface area (Å²) < 4.78 is 1.83. The van der Waals surface area contributed by atoms with Crippen molar-refractivity contribution in [1.29, 1.82) is 0 Å². The van der Waals surface area contributed by atoms with Gasteiger partial charge in [-0.1, -0.05) is 41.4 Å². The van der Waals surface area contributed by atoms with E-state index in [4.69, 9.17) is 17.4 Å². The summed E-state index contributed by atoms with van der Waals surface area (Å²) in [4.78, 5) is 0. The number of hydrazine groups is 1. The standard InChI is InChI=1S/C15H21ClN4/c1-10-4-6-12(7-5-10)8-13(18-17)9-14-15(16)11(2)19-20(14)3/h4-7,13,18H,8-9,17H2,1-3H3. The van der Waals surface area contributed by atoms with E-state index < -0.39 is 0 Å². The molecule has 108 valence electrons. The quantitative estimate of drug-likeness (QED) is 0.657. The zero-order valence-electron chi connectivity index (χ0n) is 12.2. The first-order valence-electron chi connectivity index (χ1n) is 6.71. The highest BCUT2D eigenvalue weighted by atomic mass is 35.5. The molecule has 20 heavy (non-hydrogen) atoms. The summed E-state index contributed by atoms with van der Waals surface area (Å²) in [7, 11) is 1.91. The van der Waals surface area contributed by atoms with Crippen LogP contribution in [0.5, 0.6) is 0 Å². The molecule has 1 unspecified atom stereocenters. The summed E-state index contributed by atoms with van der Waals surface area (Å²) >= 11 is 6.29. The number of aryl methyl sites for hydroxylation is 3. The maximum Gasteiger partial charge on any atom is 0.0847 e. The molecule has 0 bridgehead atoms. The summed E-state index contributed by atoms with van der Waals surface area (Å²) in [6.07, 6.45) is 1.61. The van der Waals surface area contributed by atoms with Gasteiger partial charge in [-0.2, -0.15) is 5.10 Å².